The van der Waals surface area contributed by atoms with Crippen molar-refractivity contribution in [2.75, 3.05) is 13.1 Å². The molecule has 2 N–H and O–H groups in total. The molecule has 1 fully saturated rings. The second-order valence-corrected chi connectivity index (χ2v) is 5.27. The van der Waals surface area contributed by atoms with Crippen LogP contribution in [0.3, 0.4) is 0 Å². The molecule has 1 aliphatic heterocycles. The molecule has 0 radical (unpaired) electrons. The SMILES string of the molecule is Cc1cccn2cc(CN3CCC(N)CC3)nc12. The van der Waals surface area contributed by atoms with Gasteiger partial charge in [0.05, 0.1) is 5.69 Å². The average molecular weight is 244 g/mol. The highest BCUT2D eigenvalue weighted by Gasteiger charge is 2.17. The zero-order valence-corrected chi connectivity index (χ0v) is 10.8. The Labute approximate surface area is 107 Å². The second-order valence-electron chi connectivity index (χ2n) is 5.27. The molecule has 18 heavy (non-hydrogen) atoms. The van der Waals surface area contributed by atoms with Gasteiger partial charge in [-0.05, 0) is 31.4 Å². The first-order chi connectivity index (χ1) is 8.72. The molecule has 3 heterocycles. The molecule has 0 aliphatic carbocycles. The van der Waals surface area contributed by atoms with E-state index in [4.69, 9.17) is 10.7 Å². The molecule has 3 rings (SSSR count). The van der Waals surface area contributed by atoms with Crippen molar-refractivity contribution in [1.82, 2.24) is 14.3 Å². The number of likely N-dealkylation sites (tertiary alicyclic amines) is 1. The molecular weight excluding hydrogens is 224 g/mol. The fourth-order valence-electron chi connectivity index (χ4n) is 2.62. The van der Waals surface area contributed by atoms with Crippen molar-refractivity contribution < 1.29 is 0 Å². The van der Waals surface area contributed by atoms with E-state index in [-0.39, 0.29) is 0 Å². The third kappa shape index (κ3) is 2.26. The molecule has 0 spiro atoms. The Kier molecular flexibility index (Phi) is 3.06. The summed E-state index contributed by atoms with van der Waals surface area (Å²) in [6.45, 7) is 5.22. The Morgan fingerprint density at radius 2 is 2.17 bits per heavy atom. The van der Waals surface area contributed by atoms with Crippen LogP contribution in [0.4, 0.5) is 0 Å². The molecule has 96 valence electrons. The lowest BCUT2D eigenvalue weighted by molar-refractivity contribution is 0.204. The minimum Gasteiger partial charge on any atom is -0.328 e. The highest BCUT2D eigenvalue weighted by Crippen LogP contribution is 2.14. The fourth-order valence-corrected chi connectivity index (χ4v) is 2.62. The minimum absolute atomic E-state index is 0.393. The number of nitrogens with zero attached hydrogens (tertiary/aromatic N) is 3. The van der Waals surface area contributed by atoms with Crippen molar-refractivity contribution in [3.63, 3.8) is 0 Å². The van der Waals surface area contributed by atoms with Crippen LogP contribution in [0.5, 0.6) is 0 Å². The first-order valence-electron chi connectivity index (χ1n) is 6.63. The summed E-state index contributed by atoms with van der Waals surface area (Å²) in [7, 11) is 0. The maximum Gasteiger partial charge on any atom is 0.139 e. The molecule has 0 saturated carbocycles. The zero-order chi connectivity index (χ0) is 12.5. The molecule has 0 amide bonds. The summed E-state index contributed by atoms with van der Waals surface area (Å²) in [6, 6.07) is 4.56. The monoisotopic (exact) mass is 244 g/mol. The number of rotatable bonds is 2. The van der Waals surface area contributed by atoms with Gasteiger partial charge in [0.15, 0.2) is 0 Å². The quantitative estimate of drug-likeness (QED) is 0.872. The van der Waals surface area contributed by atoms with Crippen LogP contribution < -0.4 is 5.73 Å². The van der Waals surface area contributed by atoms with Gasteiger partial charge < -0.3 is 10.1 Å². The van der Waals surface area contributed by atoms with E-state index in [9.17, 15) is 0 Å². The van der Waals surface area contributed by atoms with Crippen LogP contribution >= 0.6 is 0 Å². The van der Waals surface area contributed by atoms with Crippen LogP contribution in [-0.4, -0.2) is 33.4 Å². The number of hydrogen-bond acceptors (Lipinski definition) is 3. The number of aryl methyl sites for hydroxylation is 1. The molecule has 2 aromatic rings. The Bertz CT molecular complexity index is 538. The normalized spacial score (nSPS) is 18.6. The van der Waals surface area contributed by atoms with E-state index in [1.165, 1.54) is 5.56 Å². The van der Waals surface area contributed by atoms with Gasteiger partial charge in [0.1, 0.15) is 5.65 Å². The first-order valence-corrected chi connectivity index (χ1v) is 6.63. The summed E-state index contributed by atoms with van der Waals surface area (Å²) in [4.78, 5) is 7.16. The average Bonchev–Trinajstić information content (AvgIpc) is 2.76. The molecular formula is C14H20N4. The van der Waals surface area contributed by atoms with E-state index < -0.39 is 0 Å². The van der Waals surface area contributed by atoms with Gasteiger partial charge in [-0.25, -0.2) is 4.98 Å². The van der Waals surface area contributed by atoms with E-state index in [1.54, 1.807) is 0 Å². The van der Waals surface area contributed by atoms with E-state index >= 15 is 0 Å². The summed E-state index contributed by atoms with van der Waals surface area (Å²) in [5, 5.41) is 0. The van der Waals surface area contributed by atoms with Crippen LogP contribution in [0.25, 0.3) is 5.65 Å². The Hall–Kier alpha value is -1.39. The number of hydrogen-bond donors (Lipinski definition) is 1. The van der Waals surface area contributed by atoms with Gasteiger partial charge in [0, 0.05) is 38.1 Å². The molecule has 4 nitrogen and oxygen atoms in total. The van der Waals surface area contributed by atoms with Crippen LogP contribution in [0, 0.1) is 6.92 Å². The predicted molar refractivity (Wildman–Crippen MR) is 72.4 cm³/mol. The minimum atomic E-state index is 0.393. The number of nitrogens with two attached hydrogens (primary N) is 1. The van der Waals surface area contributed by atoms with Gasteiger partial charge in [-0.2, -0.15) is 0 Å². The van der Waals surface area contributed by atoms with E-state index in [1.807, 2.05) is 0 Å². The van der Waals surface area contributed by atoms with Gasteiger partial charge >= 0.3 is 0 Å². The summed E-state index contributed by atoms with van der Waals surface area (Å²) >= 11 is 0. The lowest BCUT2D eigenvalue weighted by atomic mass is 10.1. The number of piperidine rings is 1. The number of aromatic nitrogens is 2. The lowest BCUT2D eigenvalue weighted by Crippen LogP contribution is -2.39. The Morgan fingerprint density at radius 1 is 1.39 bits per heavy atom. The Morgan fingerprint density at radius 3 is 2.89 bits per heavy atom. The summed E-state index contributed by atoms with van der Waals surface area (Å²) in [6.07, 6.45) is 6.40. The zero-order valence-electron chi connectivity index (χ0n) is 10.8. The smallest absolute Gasteiger partial charge is 0.139 e. The molecule has 2 aromatic heterocycles. The molecule has 0 unspecified atom stereocenters. The number of pyridine rings is 1. The number of imidazole rings is 1. The van der Waals surface area contributed by atoms with Gasteiger partial charge in [-0.1, -0.05) is 6.07 Å². The van der Waals surface area contributed by atoms with Gasteiger partial charge in [0.2, 0.25) is 0 Å². The topological polar surface area (TPSA) is 46.6 Å². The van der Waals surface area contributed by atoms with Crippen molar-refractivity contribution in [3.05, 3.63) is 35.8 Å². The highest BCUT2D eigenvalue weighted by atomic mass is 15.1. The van der Waals surface area contributed by atoms with Crippen molar-refractivity contribution in [3.8, 4) is 0 Å². The fraction of sp³-hybridized carbons (Fsp3) is 0.500. The third-order valence-electron chi connectivity index (χ3n) is 3.75. The molecule has 1 saturated heterocycles. The predicted octanol–water partition coefficient (Wildman–Crippen LogP) is 1.57. The maximum atomic E-state index is 5.93. The third-order valence-corrected chi connectivity index (χ3v) is 3.75. The molecule has 4 heteroatoms. The Balaban J connectivity index is 1.77. The number of fused-ring (bicyclic) bond motifs is 1. The standard InChI is InChI=1S/C14H20N4/c1-11-3-2-6-18-10-13(16-14(11)18)9-17-7-4-12(15)5-8-17/h2-3,6,10,12H,4-5,7-9,15H2,1H3. The lowest BCUT2D eigenvalue weighted by Gasteiger charge is -2.29. The summed E-state index contributed by atoms with van der Waals surface area (Å²) in [5.74, 6) is 0. The molecule has 0 atom stereocenters. The summed E-state index contributed by atoms with van der Waals surface area (Å²) in [5.41, 5.74) is 9.37. The van der Waals surface area contributed by atoms with Crippen molar-refractivity contribution in [2.24, 2.45) is 5.73 Å². The van der Waals surface area contributed by atoms with Crippen LogP contribution in [0.15, 0.2) is 24.5 Å². The van der Waals surface area contributed by atoms with E-state index in [0.29, 0.717) is 6.04 Å². The second kappa shape index (κ2) is 4.71. The molecule has 1 aliphatic rings. The molecule has 0 aromatic carbocycles. The van der Waals surface area contributed by atoms with E-state index in [2.05, 4.69) is 40.8 Å². The van der Waals surface area contributed by atoms with Gasteiger partial charge in [-0.3, -0.25) is 4.90 Å². The largest absolute Gasteiger partial charge is 0.328 e. The van der Waals surface area contributed by atoms with Crippen LogP contribution in [0.1, 0.15) is 24.1 Å². The van der Waals surface area contributed by atoms with Gasteiger partial charge in [-0.15, -0.1) is 0 Å². The molecule has 0 bridgehead atoms. The van der Waals surface area contributed by atoms with Crippen LogP contribution in [0.2, 0.25) is 0 Å². The van der Waals surface area contributed by atoms with Crippen molar-refractivity contribution in [1.29, 1.82) is 0 Å². The van der Waals surface area contributed by atoms with Crippen molar-refractivity contribution >= 4 is 5.65 Å². The highest BCUT2D eigenvalue weighted by molar-refractivity contribution is 5.47. The van der Waals surface area contributed by atoms with Gasteiger partial charge in [0.25, 0.3) is 0 Å². The first kappa shape index (κ1) is 11.7. The van der Waals surface area contributed by atoms with E-state index in [0.717, 1.165) is 43.8 Å². The van der Waals surface area contributed by atoms with Crippen LogP contribution in [-0.2, 0) is 6.54 Å². The van der Waals surface area contributed by atoms with Crippen molar-refractivity contribution in [2.45, 2.75) is 32.4 Å². The maximum absolute atomic E-state index is 5.93. The summed E-state index contributed by atoms with van der Waals surface area (Å²) < 4.78 is 2.11.